The first-order chi connectivity index (χ1) is 12.2. The van der Waals surface area contributed by atoms with Gasteiger partial charge in [-0.25, -0.2) is 9.78 Å². The number of rotatable bonds is 5. The average molecular weight is 353 g/mol. The maximum Gasteiger partial charge on any atom is 0.339 e. The molecule has 1 heterocycles. The number of methoxy groups -OCH3 is 1. The van der Waals surface area contributed by atoms with Gasteiger partial charge in [0.15, 0.2) is 5.13 Å². The Bertz CT molecular complexity index is 894. The molecule has 0 atom stereocenters. The molecule has 1 amide bonds. The van der Waals surface area contributed by atoms with Gasteiger partial charge in [0.2, 0.25) is 0 Å². The monoisotopic (exact) mass is 353 g/mol. The Balaban J connectivity index is 1.79. The molecule has 0 unspecified atom stereocenters. The van der Waals surface area contributed by atoms with Crippen LogP contribution in [-0.2, 0) is 4.74 Å². The van der Waals surface area contributed by atoms with Gasteiger partial charge in [0, 0.05) is 22.8 Å². The number of ether oxygens (including phenoxy) is 1. The van der Waals surface area contributed by atoms with Crippen molar-refractivity contribution in [2.45, 2.75) is 0 Å². The van der Waals surface area contributed by atoms with Crippen molar-refractivity contribution in [2.24, 2.45) is 0 Å². The lowest BCUT2D eigenvalue weighted by atomic mass is 10.1. The molecule has 0 aliphatic rings. The van der Waals surface area contributed by atoms with Gasteiger partial charge in [0.05, 0.1) is 18.4 Å². The number of nitrogens with one attached hydrogen (secondary N) is 2. The Hall–Kier alpha value is -3.19. The quantitative estimate of drug-likeness (QED) is 0.680. The van der Waals surface area contributed by atoms with E-state index in [1.54, 1.807) is 48.7 Å². The maximum atomic E-state index is 12.5. The van der Waals surface area contributed by atoms with Gasteiger partial charge in [0.1, 0.15) is 0 Å². The highest BCUT2D eigenvalue weighted by molar-refractivity contribution is 7.13. The average Bonchev–Trinajstić information content (AvgIpc) is 3.14. The first-order valence-corrected chi connectivity index (χ1v) is 8.30. The minimum Gasteiger partial charge on any atom is -0.465 e. The Kier molecular flexibility index (Phi) is 5.06. The van der Waals surface area contributed by atoms with E-state index in [9.17, 15) is 9.59 Å². The number of hydrogen-bond donors (Lipinski definition) is 2. The second-order valence-corrected chi connectivity index (χ2v) is 5.93. The largest absolute Gasteiger partial charge is 0.465 e. The molecular weight excluding hydrogens is 338 g/mol. The highest BCUT2D eigenvalue weighted by Crippen LogP contribution is 2.21. The molecule has 0 aliphatic carbocycles. The number of aromatic nitrogens is 1. The van der Waals surface area contributed by atoms with Crippen LogP contribution < -0.4 is 10.6 Å². The van der Waals surface area contributed by atoms with E-state index in [1.165, 1.54) is 18.4 Å². The number of nitrogens with zero attached hydrogens (tertiary/aromatic N) is 1. The van der Waals surface area contributed by atoms with Gasteiger partial charge in [-0.15, -0.1) is 11.3 Å². The van der Waals surface area contributed by atoms with Crippen LogP contribution in [0.25, 0.3) is 0 Å². The first-order valence-electron chi connectivity index (χ1n) is 7.42. The summed E-state index contributed by atoms with van der Waals surface area (Å²) < 4.78 is 4.74. The molecular formula is C18H15N3O3S. The molecule has 0 bridgehead atoms. The number of carbonyl (C=O) groups excluding carboxylic acids is 2. The molecule has 1 aromatic heterocycles. The molecule has 25 heavy (non-hydrogen) atoms. The van der Waals surface area contributed by atoms with E-state index >= 15 is 0 Å². The minimum atomic E-state index is -0.505. The zero-order valence-electron chi connectivity index (χ0n) is 13.4. The number of benzene rings is 2. The summed E-state index contributed by atoms with van der Waals surface area (Å²) in [6.07, 6.45) is 1.70. The fraction of sp³-hybridized carbons (Fsp3) is 0.0556. The van der Waals surface area contributed by atoms with Crippen LogP contribution in [0.4, 0.5) is 16.5 Å². The third-order valence-corrected chi connectivity index (χ3v) is 4.08. The van der Waals surface area contributed by atoms with Gasteiger partial charge < -0.3 is 15.4 Å². The Morgan fingerprint density at radius 2 is 1.96 bits per heavy atom. The van der Waals surface area contributed by atoms with Gasteiger partial charge in [-0.3, -0.25) is 4.79 Å². The van der Waals surface area contributed by atoms with Crippen LogP contribution in [0.15, 0.2) is 60.1 Å². The number of hydrogen-bond acceptors (Lipinski definition) is 6. The van der Waals surface area contributed by atoms with Crippen molar-refractivity contribution in [2.75, 3.05) is 17.7 Å². The van der Waals surface area contributed by atoms with Gasteiger partial charge in [-0.05, 0) is 30.3 Å². The summed E-state index contributed by atoms with van der Waals surface area (Å²) in [5.74, 6) is -0.825. The van der Waals surface area contributed by atoms with Crippen molar-refractivity contribution in [1.29, 1.82) is 0 Å². The molecule has 0 fully saturated rings. The molecule has 0 saturated heterocycles. The normalized spacial score (nSPS) is 10.1. The molecule has 0 aliphatic heterocycles. The molecule has 2 aromatic carbocycles. The van der Waals surface area contributed by atoms with Crippen molar-refractivity contribution < 1.29 is 14.3 Å². The van der Waals surface area contributed by atoms with E-state index < -0.39 is 5.97 Å². The molecule has 3 aromatic rings. The lowest BCUT2D eigenvalue weighted by Crippen LogP contribution is -2.15. The van der Waals surface area contributed by atoms with E-state index in [0.29, 0.717) is 16.8 Å². The van der Waals surface area contributed by atoms with Gasteiger partial charge >= 0.3 is 5.97 Å². The summed E-state index contributed by atoms with van der Waals surface area (Å²) in [5, 5.41) is 8.49. The van der Waals surface area contributed by atoms with Crippen LogP contribution >= 0.6 is 11.3 Å². The molecule has 0 spiro atoms. The Labute approximate surface area is 148 Å². The molecule has 0 radical (unpaired) electrons. The summed E-state index contributed by atoms with van der Waals surface area (Å²) in [6.45, 7) is 0. The fourth-order valence-corrected chi connectivity index (χ4v) is 2.77. The first kappa shape index (κ1) is 16.7. The van der Waals surface area contributed by atoms with Crippen molar-refractivity contribution in [3.63, 3.8) is 0 Å². The van der Waals surface area contributed by atoms with E-state index in [2.05, 4.69) is 15.6 Å². The second-order valence-electron chi connectivity index (χ2n) is 5.03. The Morgan fingerprint density at radius 1 is 1.12 bits per heavy atom. The van der Waals surface area contributed by atoms with Gasteiger partial charge in [-0.1, -0.05) is 18.2 Å². The topological polar surface area (TPSA) is 80.3 Å². The van der Waals surface area contributed by atoms with E-state index in [4.69, 9.17) is 4.74 Å². The van der Waals surface area contributed by atoms with Crippen LogP contribution in [0, 0.1) is 0 Å². The highest BCUT2D eigenvalue weighted by atomic mass is 32.1. The van der Waals surface area contributed by atoms with E-state index in [-0.39, 0.29) is 5.91 Å². The predicted octanol–water partition coefficient (Wildman–Crippen LogP) is 3.93. The van der Waals surface area contributed by atoms with Crippen LogP contribution in [0.3, 0.4) is 0 Å². The minimum absolute atomic E-state index is 0.301. The third-order valence-electron chi connectivity index (χ3n) is 3.39. The molecule has 7 heteroatoms. The molecule has 0 saturated carbocycles. The summed E-state index contributed by atoms with van der Waals surface area (Å²) >= 11 is 1.47. The number of para-hydroxylation sites is 1. The zero-order valence-corrected chi connectivity index (χ0v) is 14.2. The number of anilines is 3. The van der Waals surface area contributed by atoms with Gasteiger partial charge in [0.25, 0.3) is 5.91 Å². The molecule has 6 nitrogen and oxygen atoms in total. The van der Waals surface area contributed by atoms with Crippen molar-refractivity contribution >= 4 is 39.7 Å². The summed E-state index contributed by atoms with van der Waals surface area (Å²) in [7, 11) is 1.30. The zero-order chi connectivity index (χ0) is 17.6. The number of esters is 1. The smallest absolute Gasteiger partial charge is 0.339 e. The van der Waals surface area contributed by atoms with Crippen LogP contribution in [-0.4, -0.2) is 24.0 Å². The SMILES string of the molecule is COC(=O)c1ccccc1NC(=O)c1cccc(Nc2nccs2)c1. The number of amides is 1. The summed E-state index contributed by atoms with van der Waals surface area (Å²) in [5.41, 5.74) is 1.91. The van der Waals surface area contributed by atoms with Crippen LogP contribution in [0.5, 0.6) is 0 Å². The summed E-state index contributed by atoms with van der Waals surface area (Å²) in [6, 6.07) is 13.7. The number of carbonyl (C=O) groups is 2. The second kappa shape index (κ2) is 7.59. The Morgan fingerprint density at radius 3 is 2.72 bits per heavy atom. The van der Waals surface area contributed by atoms with Crippen molar-refractivity contribution in [1.82, 2.24) is 4.98 Å². The molecule has 3 rings (SSSR count). The van der Waals surface area contributed by atoms with E-state index in [1.807, 2.05) is 11.4 Å². The van der Waals surface area contributed by atoms with Crippen LogP contribution in [0.2, 0.25) is 0 Å². The fourth-order valence-electron chi connectivity index (χ4n) is 2.22. The van der Waals surface area contributed by atoms with Gasteiger partial charge in [-0.2, -0.15) is 0 Å². The lowest BCUT2D eigenvalue weighted by molar-refractivity contribution is 0.0602. The van der Waals surface area contributed by atoms with Crippen molar-refractivity contribution in [3.05, 3.63) is 71.2 Å². The predicted molar refractivity (Wildman–Crippen MR) is 97.6 cm³/mol. The highest BCUT2D eigenvalue weighted by Gasteiger charge is 2.14. The van der Waals surface area contributed by atoms with Crippen molar-refractivity contribution in [3.8, 4) is 0 Å². The number of thiazole rings is 1. The summed E-state index contributed by atoms with van der Waals surface area (Å²) in [4.78, 5) is 28.5. The lowest BCUT2D eigenvalue weighted by Gasteiger charge is -2.10. The third kappa shape index (κ3) is 4.02. The molecule has 126 valence electrons. The molecule has 2 N–H and O–H groups in total. The van der Waals surface area contributed by atoms with E-state index in [0.717, 1.165) is 10.8 Å². The standard InChI is InChI=1S/C18H15N3O3S/c1-24-17(23)14-7-2-3-8-15(14)21-16(22)12-5-4-6-13(11-12)20-18-19-9-10-25-18/h2-11H,1H3,(H,19,20)(H,21,22). The maximum absolute atomic E-state index is 12.5. The van der Waals surface area contributed by atoms with Crippen LogP contribution in [0.1, 0.15) is 20.7 Å².